The molecule has 1 rings (SSSR count). The summed E-state index contributed by atoms with van der Waals surface area (Å²) in [7, 11) is 0. The monoisotopic (exact) mass is 195 g/mol. The lowest BCUT2D eigenvalue weighted by atomic mass is 10.2. The molecule has 0 radical (unpaired) electrons. The van der Waals surface area contributed by atoms with E-state index in [-0.39, 0.29) is 5.60 Å². The van der Waals surface area contributed by atoms with Gasteiger partial charge in [0.15, 0.2) is 11.1 Å². The molecule has 1 aromatic carbocycles. The van der Waals surface area contributed by atoms with Gasteiger partial charge in [-0.25, -0.2) is 0 Å². The number of hydrogen-bond acceptors (Lipinski definition) is 4. The Bertz CT molecular complexity index is 300. The lowest BCUT2D eigenvalue weighted by Gasteiger charge is -2.21. The van der Waals surface area contributed by atoms with Gasteiger partial charge >= 0.3 is 0 Å². The van der Waals surface area contributed by atoms with Gasteiger partial charge in [0.2, 0.25) is 0 Å². The van der Waals surface area contributed by atoms with E-state index in [1.54, 1.807) is 24.3 Å². The minimum Gasteiger partial charge on any atom is -0.488 e. The van der Waals surface area contributed by atoms with Gasteiger partial charge in [-0.2, -0.15) is 0 Å². The number of hydrogen-bond donors (Lipinski definition) is 0. The molecule has 0 amide bonds. The summed E-state index contributed by atoms with van der Waals surface area (Å²) < 4.78 is 5.57. The molecule has 0 aromatic heterocycles. The average Bonchev–Trinajstić information content (AvgIpc) is 2.06. The molecule has 0 aliphatic heterocycles. The zero-order chi connectivity index (χ0) is 10.6. The molecule has 4 nitrogen and oxygen atoms in total. The molecule has 1 aromatic rings. The van der Waals surface area contributed by atoms with Crippen molar-refractivity contribution in [3.8, 4) is 11.5 Å². The van der Waals surface area contributed by atoms with Crippen LogP contribution in [0.4, 0.5) is 0 Å². The molecular weight excluding hydrogens is 182 g/mol. The van der Waals surface area contributed by atoms with Crippen LogP contribution in [0.1, 0.15) is 20.8 Å². The van der Waals surface area contributed by atoms with E-state index in [0.717, 1.165) is 5.75 Å². The number of nitrogens with zero attached hydrogens (tertiary/aromatic N) is 1. The minimum atomic E-state index is -0.231. The first-order valence-electron chi connectivity index (χ1n) is 4.30. The van der Waals surface area contributed by atoms with Gasteiger partial charge in [-0.15, -0.1) is 4.91 Å². The Morgan fingerprint density at radius 2 is 1.57 bits per heavy atom. The molecule has 4 heteroatoms. The zero-order valence-corrected chi connectivity index (χ0v) is 8.48. The zero-order valence-electron chi connectivity index (χ0n) is 8.48. The summed E-state index contributed by atoms with van der Waals surface area (Å²) in [6.07, 6.45) is 0. The average molecular weight is 195 g/mol. The Morgan fingerprint density at radius 3 is 2.00 bits per heavy atom. The van der Waals surface area contributed by atoms with Crippen LogP contribution in [0.3, 0.4) is 0 Å². The lowest BCUT2D eigenvalue weighted by Crippen LogP contribution is -2.22. The highest BCUT2D eigenvalue weighted by Crippen LogP contribution is 2.21. The summed E-state index contributed by atoms with van der Waals surface area (Å²) in [6.45, 7) is 5.89. The second-order valence-electron chi connectivity index (χ2n) is 3.85. The maximum atomic E-state index is 9.78. The van der Waals surface area contributed by atoms with Gasteiger partial charge in [0.05, 0.1) is 0 Å². The first kappa shape index (κ1) is 10.5. The maximum absolute atomic E-state index is 9.78. The molecule has 0 atom stereocenters. The van der Waals surface area contributed by atoms with Crippen LogP contribution in [-0.2, 0) is 0 Å². The van der Waals surface area contributed by atoms with E-state index >= 15 is 0 Å². The molecule has 0 aliphatic carbocycles. The third-order valence-electron chi connectivity index (χ3n) is 1.39. The highest BCUT2D eigenvalue weighted by Gasteiger charge is 2.11. The summed E-state index contributed by atoms with van der Waals surface area (Å²) >= 11 is 0. The Kier molecular flexibility index (Phi) is 3.06. The summed E-state index contributed by atoms with van der Waals surface area (Å²) in [4.78, 5) is 14.2. The van der Waals surface area contributed by atoms with Crippen LogP contribution in [0, 0.1) is 4.91 Å². The third kappa shape index (κ3) is 3.43. The Balaban J connectivity index is 2.68. The fourth-order valence-corrected chi connectivity index (χ4v) is 0.965. The van der Waals surface area contributed by atoms with Crippen LogP contribution >= 0.6 is 0 Å². The van der Waals surface area contributed by atoms with Gasteiger partial charge in [0.25, 0.3) is 0 Å². The second-order valence-corrected chi connectivity index (χ2v) is 3.85. The first-order valence-corrected chi connectivity index (χ1v) is 4.30. The minimum absolute atomic E-state index is 0.231. The van der Waals surface area contributed by atoms with Crippen molar-refractivity contribution in [2.45, 2.75) is 26.4 Å². The molecule has 14 heavy (non-hydrogen) atoms. The van der Waals surface area contributed by atoms with E-state index in [9.17, 15) is 4.91 Å². The van der Waals surface area contributed by atoms with Crippen molar-refractivity contribution in [3.63, 3.8) is 0 Å². The first-order chi connectivity index (χ1) is 6.51. The highest BCUT2D eigenvalue weighted by molar-refractivity contribution is 5.31. The fourth-order valence-electron chi connectivity index (χ4n) is 0.965. The summed E-state index contributed by atoms with van der Waals surface area (Å²) in [5.41, 5.74) is -0.231. The van der Waals surface area contributed by atoms with Gasteiger partial charge in [-0.05, 0) is 45.0 Å². The van der Waals surface area contributed by atoms with Crippen LogP contribution in [0.2, 0.25) is 0 Å². The van der Waals surface area contributed by atoms with Gasteiger partial charge < -0.3 is 9.57 Å². The highest BCUT2D eigenvalue weighted by atomic mass is 16.7. The molecule has 0 N–H and O–H groups in total. The van der Waals surface area contributed by atoms with Gasteiger partial charge in [0.1, 0.15) is 11.4 Å². The quantitative estimate of drug-likeness (QED) is 0.550. The van der Waals surface area contributed by atoms with E-state index in [1.807, 2.05) is 20.8 Å². The Hall–Kier alpha value is -1.58. The van der Waals surface area contributed by atoms with E-state index in [0.29, 0.717) is 5.75 Å². The van der Waals surface area contributed by atoms with Crippen molar-refractivity contribution in [3.05, 3.63) is 29.2 Å². The van der Waals surface area contributed by atoms with Crippen molar-refractivity contribution in [1.29, 1.82) is 0 Å². The molecule has 0 saturated heterocycles. The smallest absolute Gasteiger partial charge is 0.161 e. The molecule has 0 heterocycles. The van der Waals surface area contributed by atoms with Gasteiger partial charge in [-0.1, -0.05) is 0 Å². The standard InChI is InChI=1S/C10H13NO3/c1-10(2,3)13-8-4-6-9(7-5-8)14-11-12/h4-7H,1-3H3. The molecule has 0 bridgehead atoms. The fraction of sp³-hybridized carbons (Fsp3) is 0.400. The lowest BCUT2D eigenvalue weighted by molar-refractivity contribution is 0.131. The second kappa shape index (κ2) is 4.09. The molecule has 76 valence electrons. The number of rotatable bonds is 3. The van der Waals surface area contributed by atoms with Crippen molar-refractivity contribution in [2.75, 3.05) is 0 Å². The van der Waals surface area contributed by atoms with Crippen LogP contribution in [0.5, 0.6) is 11.5 Å². The van der Waals surface area contributed by atoms with Crippen molar-refractivity contribution in [1.82, 2.24) is 0 Å². The largest absolute Gasteiger partial charge is 0.488 e. The molecule has 0 spiro atoms. The molecule has 0 unspecified atom stereocenters. The number of ether oxygens (including phenoxy) is 1. The maximum Gasteiger partial charge on any atom is 0.161 e. The normalized spacial score (nSPS) is 10.8. The van der Waals surface area contributed by atoms with E-state index in [4.69, 9.17) is 4.74 Å². The van der Waals surface area contributed by atoms with Crippen molar-refractivity contribution < 1.29 is 9.57 Å². The van der Waals surface area contributed by atoms with E-state index < -0.39 is 0 Å². The van der Waals surface area contributed by atoms with Crippen LogP contribution in [-0.4, -0.2) is 5.60 Å². The summed E-state index contributed by atoms with van der Waals surface area (Å²) in [6, 6.07) is 6.71. The van der Waals surface area contributed by atoms with Crippen LogP contribution in [0.25, 0.3) is 0 Å². The summed E-state index contributed by atoms with van der Waals surface area (Å²) in [5.74, 6) is 1.14. The van der Waals surface area contributed by atoms with Crippen LogP contribution in [0.15, 0.2) is 29.6 Å². The van der Waals surface area contributed by atoms with Crippen molar-refractivity contribution >= 4 is 0 Å². The van der Waals surface area contributed by atoms with Gasteiger partial charge in [0, 0.05) is 0 Å². The SMILES string of the molecule is CC(C)(C)Oc1ccc(ON=O)cc1. The summed E-state index contributed by atoms with van der Waals surface area (Å²) in [5, 5.41) is 2.32. The van der Waals surface area contributed by atoms with Crippen LogP contribution < -0.4 is 9.57 Å². The van der Waals surface area contributed by atoms with E-state index in [2.05, 4.69) is 10.2 Å². The molecule has 0 saturated carbocycles. The topological polar surface area (TPSA) is 47.9 Å². The predicted octanol–water partition coefficient (Wildman–Crippen LogP) is 2.92. The van der Waals surface area contributed by atoms with Crippen molar-refractivity contribution in [2.24, 2.45) is 5.34 Å². The Labute approximate surface area is 82.8 Å². The van der Waals surface area contributed by atoms with Gasteiger partial charge in [-0.3, -0.25) is 0 Å². The molecular formula is C10H13NO3. The Morgan fingerprint density at radius 1 is 1.07 bits per heavy atom. The molecule has 0 fully saturated rings. The third-order valence-corrected chi connectivity index (χ3v) is 1.39. The molecule has 0 aliphatic rings. The predicted molar refractivity (Wildman–Crippen MR) is 53.2 cm³/mol. The van der Waals surface area contributed by atoms with E-state index in [1.165, 1.54) is 0 Å². The number of benzene rings is 1.